The molecule has 0 unspecified atom stereocenters. The summed E-state index contributed by atoms with van der Waals surface area (Å²) in [6.07, 6.45) is 6.12. The Kier molecular flexibility index (Phi) is 6.84. The molecule has 0 aromatic carbocycles. The lowest BCUT2D eigenvalue weighted by Crippen LogP contribution is -2.51. The van der Waals surface area contributed by atoms with E-state index in [0.29, 0.717) is 13.0 Å². The highest BCUT2D eigenvalue weighted by atomic mass is 16.7. The van der Waals surface area contributed by atoms with Crippen LogP contribution in [-0.2, 0) is 19.0 Å². The molecule has 2 rings (SSSR count). The summed E-state index contributed by atoms with van der Waals surface area (Å²) in [6, 6.07) is -0.279. The third kappa shape index (κ3) is 4.67. The number of rotatable bonds is 8. The fraction of sp³-hybridized carbons (Fsp3) is 0.882. The van der Waals surface area contributed by atoms with Crippen molar-refractivity contribution < 1.29 is 23.8 Å². The predicted octanol–water partition coefficient (Wildman–Crippen LogP) is 3.23. The van der Waals surface area contributed by atoms with Crippen molar-refractivity contribution in [3.05, 3.63) is 0 Å². The van der Waals surface area contributed by atoms with E-state index < -0.39 is 6.09 Å². The number of unbranched alkanes of at least 4 members (excludes halogenated alkanes) is 5. The summed E-state index contributed by atoms with van der Waals surface area (Å²) in [5.74, 6) is -0.286. The molecule has 0 bridgehead atoms. The van der Waals surface area contributed by atoms with Crippen molar-refractivity contribution in [2.75, 3.05) is 6.61 Å². The van der Waals surface area contributed by atoms with E-state index in [4.69, 9.17) is 14.2 Å². The zero-order chi connectivity index (χ0) is 16.8. The van der Waals surface area contributed by atoms with Crippen molar-refractivity contribution in [1.29, 1.82) is 0 Å². The van der Waals surface area contributed by atoms with Crippen molar-refractivity contribution in [1.82, 2.24) is 4.90 Å². The Morgan fingerprint density at radius 2 is 1.96 bits per heavy atom. The Morgan fingerprint density at radius 3 is 2.65 bits per heavy atom. The second-order valence-electron chi connectivity index (χ2n) is 6.45. The smallest absolute Gasteiger partial charge is 0.417 e. The Morgan fingerprint density at radius 1 is 1.26 bits per heavy atom. The molecule has 4 atom stereocenters. The number of fused-ring (bicyclic) bond motifs is 1. The van der Waals surface area contributed by atoms with Crippen molar-refractivity contribution >= 4 is 12.0 Å². The third-order valence-corrected chi connectivity index (χ3v) is 4.55. The number of amides is 2. The van der Waals surface area contributed by atoms with Gasteiger partial charge in [-0.15, -0.1) is 0 Å². The topological polar surface area (TPSA) is 65.1 Å². The standard InChI is InChI=1S/C17H29NO5/c1-4-5-6-7-8-9-10-21-15-11-14-16(12(2)22-15)23-17(20)18(14)13(3)19/h12,14-16H,4-11H2,1-3H3/t12-,14-,15-,16+/m0/s1. The van der Waals surface area contributed by atoms with Crippen molar-refractivity contribution in [2.24, 2.45) is 0 Å². The summed E-state index contributed by atoms with van der Waals surface area (Å²) in [6.45, 7) is 6.10. The molecule has 6 nitrogen and oxygen atoms in total. The summed E-state index contributed by atoms with van der Waals surface area (Å²) in [7, 11) is 0. The van der Waals surface area contributed by atoms with Crippen molar-refractivity contribution in [3.8, 4) is 0 Å². The van der Waals surface area contributed by atoms with Gasteiger partial charge in [-0.2, -0.15) is 0 Å². The summed E-state index contributed by atoms with van der Waals surface area (Å²) >= 11 is 0. The van der Waals surface area contributed by atoms with Gasteiger partial charge in [0.15, 0.2) is 12.4 Å². The number of carbonyl (C=O) groups is 2. The second kappa shape index (κ2) is 8.64. The fourth-order valence-electron chi connectivity index (χ4n) is 3.32. The molecule has 2 saturated heterocycles. The first-order valence-electron chi connectivity index (χ1n) is 8.82. The number of hydrogen-bond acceptors (Lipinski definition) is 5. The molecule has 0 radical (unpaired) electrons. The molecule has 23 heavy (non-hydrogen) atoms. The molecule has 0 spiro atoms. The molecule has 0 aliphatic carbocycles. The number of imide groups is 1. The highest BCUT2D eigenvalue weighted by Gasteiger charge is 2.51. The van der Waals surface area contributed by atoms with Crippen LogP contribution in [0.2, 0.25) is 0 Å². The highest BCUT2D eigenvalue weighted by Crippen LogP contribution is 2.33. The van der Waals surface area contributed by atoms with Gasteiger partial charge in [-0.1, -0.05) is 39.0 Å². The molecule has 0 aromatic rings. The molecule has 0 N–H and O–H groups in total. The predicted molar refractivity (Wildman–Crippen MR) is 84.9 cm³/mol. The van der Waals surface area contributed by atoms with E-state index in [1.807, 2.05) is 6.92 Å². The first-order chi connectivity index (χ1) is 11.0. The van der Waals surface area contributed by atoms with Gasteiger partial charge >= 0.3 is 6.09 Å². The zero-order valence-corrected chi connectivity index (χ0v) is 14.5. The van der Waals surface area contributed by atoms with Gasteiger partial charge in [0.05, 0.1) is 12.1 Å². The van der Waals surface area contributed by atoms with E-state index in [9.17, 15) is 9.59 Å². The largest absolute Gasteiger partial charge is 0.441 e. The normalized spacial score (nSPS) is 30.2. The first kappa shape index (κ1) is 18.2. The summed E-state index contributed by atoms with van der Waals surface area (Å²) < 4.78 is 16.9. The minimum atomic E-state index is -0.570. The van der Waals surface area contributed by atoms with E-state index in [1.165, 1.54) is 37.5 Å². The van der Waals surface area contributed by atoms with Crippen LogP contribution in [0.25, 0.3) is 0 Å². The van der Waals surface area contributed by atoms with Gasteiger partial charge in [-0.25, -0.2) is 9.69 Å². The lowest BCUT2D eigenvalue weighted by molar-refractivity contribution is -0.219. The fourth-order valence-corrected chi connectivity index (χ4v) is 3.32. The maximum absolute atomic E-state index is 11.8. The first-order valence-corrected chi connectivity index (χ1v) is 8.82. The number of nitrogens with zero attached hydrogens (tertiary/aromatic N) is 1. The van der Waals surface area contributed by atoms with Crippen LogP contribution in [0.3, 0.4) is 0 Å². The molecule has 0 saturated carbocycles. The Balaban J connectivity index is 1.75. The van der Waals surface area contributed by atoms with Crippen molar-refractivity contribution in [3.63, 3.8) is 0 Å². The van der Waals surface area contributed by atoms with Crippen LogP contribution in [0.15, 0.2) is 0 Å². The van der Waals surface area contributed by atoms with Gasteiger partial charge in [0.2, 0.25) is 5.91 Å². The molecule has 2 heterocycles. The Hall–Kier alpha value is -1.14. The highest BCUT2D eigenvalue weighted by molar-refractivity contribution is 5.92. The minimum absolute atomic E-state index is 0.267. The maximum Gasteiger partial charge on any atom is 0.417 e. The van der Waals surface area contributed by atoms with E-state index in [0.717, 1.165) is 12.8 Å². The van der Waals surface area contributed by atoms with Crippen LogP contribution in [0, 0.1) is 0 Å². The molecule has 2 amide bonds. The Bertz CT molecular complexity index is 414. The third-order valence-electron chi connectivity index (χ3n) is 4.55. The van der Waals surface area contributed by atoms with Crippen LogP contribution >= 0.6 is 0 Å². The summed E-state index contributed by atoms with van der Waals surface area (Å²) in [4.78, 5) is 24.7. The lowest BCUT2D eigenvalue weighted by Gasteiger charge is -2.36. The molecular weight excluding hydrogens is 298 g/mol. The number of ether oxygens (including phenoxy) is 3. The second-order valence-corrected chi connectivity index (χ2v) is 6.45. The maximum atomic E-state index is 11.8. The molecule has 2 aliphatic heterocycles. The van der Waals surface area contributed by atoms with Gasteiger partial charge in [0.25, 0.3) is 0 Å². The van der Waals surface area contributed by atoms with Gasteiger partial charge in [-0.3, -0.25) is 4.79 Å². The Labute approximate surface area is 138 Å². The van der Waals surface area contributed by atoms with Crippen LogP contribution in [0.4, 0.5) is 4.79 Å². The van der Waals surface area contributed by atoms with E-state index >= 15 is 0 Å². The quantitative estimate of drug-likeness (QED) is 0.640. The van der Waals surface area contributed by atoms with Gasteiger partial charge in [0.1, 0.15) is 0 Å². The molecule has 2 fully saturated rings. The summed E-state index contributed by atoms with van der Waals surface area (Å²) in [5.41, 5.74) is 0. The zero-order valence-electron chi connectivity index (χ0n) is 14.5. The van der Waals surface area contributed by atoms with E-state index in [-0.39, 0.29) is 30.4 Å². The van der Waals surface area contributed by atoms with Gasteiger partial charge < -0.3 is 14.2 Å². The van der Waals surface area contributed by atoms with Crippen LogP contribution in [0.1, 0.15) is 65.7 Å². The van der Waals surface area contributed by atoms with Crippen molar-refractivity contribution in [2.45, 2.75) is 90.3 Å². The molecular formula is C17H29NO5. The molecule has 132 valence electrons. The summed E-state index contributed by atoms with van der Waals surface area (Å²) in [5, 5.41) is 0. The van der Waals surface area contributed by atoms with E-state index in [1.54, 1.807) is 0 Å². The average Bonchev–Trinajstić information content (AvgIpc) is 2.83. The SMILES string of the molecule is CCCCCCCCO[C@@H]1C[C@H]2[C@H](OC(=O)N2C(C)=O)[C@H](C)O1. The molecule has 0 aromatic heterocycles. The van der Waals surface area contributed by atoms with Crippen LogP contribution in [0.5, 0.6) is 0 Å². The van der Waals surface area contributed by atoms with Crippen LogP contribution < -0.4 is 0 Å². The molecule has 6 heteroatoms. The monoisotopic (exact) mass is 327 g/mol. The average molecular weight is 327 g/mol. The number of carbonyl (C=O) groups excluding carboxylic acids is 2. The molecule has 2 aliphatic rings. The minimum Gasteiger partial charge on any atom is -0.441 e. The van der Waals surface area contributed by atoms with E-state index in [2.05, 4.69) is 6.92 Å². The number of hydrogen-bond donors (Lipinski definition) is 0. The lowest BCUT2D eigenvalue weighted by atomic mass is 9.99. The van der Waals surface area contributed by atoms with Crippen LogP contribution in [-0.4, -0.2) is 48.0 Å². The van der Waals surface area contributed by atoms with Gasteiger partial charge in [-0.05, 0) is 13.3 Å². The van der Waals surface area contributed by atoms with Gasteiger partial charge in [0, 0.05) is 20.0 Å².